The molecule has 1 saturated carbocycles. The van der Waals surface area contributed by atoms with Crippen LogP contribution in [-0.2, 0) is 16.1 Å². The van der Waals surface area contributed by atoms with Gasteiger partial charge in [-0.05, 0) is 30.4 Å². The Balaban J connectivity index is 1.45. The van der Waals surface area contributed by atoms with Crippen LogP contribution in [0.4, 0.5) is 0 Å². The molecule has 0 unspecified atom stereocenters. The molecule has 27 heavy (non-hydrogen) atoms. The zero-order chi connectivity index (χ0) is 18.3. The van der Waals surface area contributed by atoms with Gasteiger partial charge in [-0.1, -0.05) is 6.07 Å². The van der Waals surface area contributed by atoms with Crippen molar-refractivity contribution in [1.82, 2.24) is 19.8 Å². The summed E-state index contributed by atoms with van der Waals surface area (Å²) in [6.45, 7) is 4.37. The molecular weight excluding hydrogens is 360 g/mol. The van der Waals surface area contributed by atoms with Gasteiger partial charge >= 0.3 is 0 Å². The van der Waals surface area contributed by atoms with E-state index in [0.29, 0.717) is 25.6 Å². The van der Waals surface area contributed by atoms with E-state index in [1.165, 1.54) is 12.8 Å². The number of carbonyl (C=O) groups is 1. The highest BCUT2D eigenvalue weighted by atomic mass is 32.1. The van der Waals surface area contributed by atoms with Crippen LogP contribution in [0.5, 0.6) is 0 Å². The fraction of sp³-hybridized carbons (Fsp3) is 0.550. The molecule has 3 aliphatic rings. The summed E-state index contributed by atoms with van der Waals surface area (Å²) in [7, 11) is 0. The molecule has 2 saturated heterocycles. The van der Waals surface area contributed by atoms with Crippen LogP contribution in [0.15, 0.2) is 36.1 Å². The van der Waals surface area contributed by atoms with Crippen molar-refractivity contribution in [2.24, 2.45) is 5.92 Å². The molecule has 3 fully saturated rings. The predicted octanol–water partition coefficient (Wildman–Crippen LogP) is 2.15. The van der Waals surface area contributed by atoms with E-state index in [2.05, 4.69) is 25.8 Å². The van der Waals surface area contributed by atoms with Crippen molar-refractivity contribution in [3.05, 3.63) is 46.7 Å². The van der Waals surface area contributed by atoms with Gasteiger partial charge in [0, 0.05) is 56.1 Å². The first-order chi connectivity index (χ1) is 13.2. The van der Waals surface area contributed by atoms with Crippen molar-refractivity contribution in [2.75, 3.05) is 32.8 Å². The third-order valence-corrected chi connectivity index (χ3v) is 6.70. The number of nitrogens with zero attached hydrogens (tertiary/aromatic N) is 4. The number of aromatic nitrogens is 2. The van der Waals surface area contributed by atoms with Gasteiger partial charge in [0.1, 0.15) is 5.01 Å². The van der Waals surface area contributed by atoms with Crippen molar-refractivity contribution in [1.29, 1.82) is 0 Å². The molecule has 0 aromatic carbocycles. The minimum absolute atomic E-state index is 0.000616. The lowest BCUT2D eigenvalue weighted by atomic mass is 9.83. The molecule has 142 valence electrons. The number of pyridine rings is 1. The second-order valence-corrected chi connectivity index (χ2v) is 8.85. The molecule has 2 aromatic heterocycles. The number of carbonyl (C=O) groups excluding carboxylic acids is 1. The second-order valence-electron chi connectivity index (χ2n) is 7.87. The van der Waals surface area contributed by atoms with E-state index in [-0.39, 0.29) is 11.8 Å². The summed E-state index contributed by atoms with van der Waals surface area (Å²) < 4.78 is 6.31. The van der Waals surface area contributed by atoms with Crippen molar-refractivity contribution < 1.29 is 9.53 Å². The van der Waals surface area contributed by atoms with E-state index in [1.807, 2.05) is 23.8 Å². The Bertz CT molecular complexity index is 796. The van der Waals surface area contributed by atoms with Crippen LogP contribution in [0.25, 0.3) is 0 Å². The third-order valence-electron chi connectivity index (χ3n) is 5.94. The number of likely N-dealkylation sites (tertiary alicyclic amines) is 1. The zero-order valence-electron chi connectivity index (χ0n) is 15.3. The topological polar surface area (TPSA) is 58.6 Å². The van der Waals surface area contributed by atoms with Gasteiger partial charge < -0.3 is 9.64 Å². The first-order valence-corrected chi connectivity index (χ1v) is 10.6. The largest absolute Gasteiger partial charge is 0.361 e. The van der Waals surface area contributed by atoms with Gasteiger partial charge in [-0.2, -0.15) is 0 Å². The number of rotatable bonds is 5. The van der Waals surface area contributed by atoms with Crippen LogP contribution in [0.1, 0.15) is 29.3 Å². The van der Waals surface area contributed by atoms with E-state index in [9.17, 15) is 4.79 Å². The molecule has 1 aliphatic carbocycles. The van der Waals surface area contributed by atoms with E-state index in [1.54, 1.807) is 17.5 Å². The van der Waals surface area contributed by atoms with Crippen LogP contribution in [0.2, 0.25) is 0 Å². The van der Waals surface area contributed by atoms with Gasteiger partial charge in [0.15, 0.2) is 5.60 Å². The van der Waals surface area contributed by atoms with Gasteiger partial charge in [0.25, 0.3) is 5.91 Å². The van der Waals surface area contributed by atoms with Gasteiger partial charge in [-0.3, -0.25) is 14.7 Å². The number of hydrogen-bond donors (Lipinski definition) is 0. The third kappa shape index (κ3) is 3.28. The highest BCUT2D eigenvalue weighted by molar-refractivity contribution is 7.09. The van der Waals surface area contributed by atoms with E-state index >= 15 is 0 Å². The van der Waals surface area contributed by atoms with Crippen molar-refractivity contribution in [3.8, 4) is 0 Å². The molecule has 5 rings (SSSR count). The standard InChI is InChI=1S/C20H24N4O2S/c25-19-20(26-8-7-24(19)11-15-3-4-15)14-23(13-18-22-6-9-27-18)12-17(20)16-2-1-5-21-10-16/h1-2,5-6,9-10,15,17H,3-4,7-8,11-14H2/t17-,20-/m1/s1. The summed E-state index contributed by atoms with van der Waals surface area (Å²) in [5.74, 6) is 0.852. The summed E-state index contributed by atoms with van der Waals surface area (Å²) in [6, 6.07) is 4.02. The van der Waals surface area contributed by atoms with Crippen LogP contribution in [0, 0.1) is 5.92 Å². The molecule has 1 spiro atoms. The fourth-order valence-corrected chi connectivity index (χ4v) is 5.09. The summed E-state index contributed by atoms with van der Waals surface area (Å²) in [5.41, 5.74) is 0.286. The normalized spacial score (nSPS) is 29.0. The highest BCUT2D eigenvalue weighted by Gasteiger charge is 2.57. The molecule has 2 aromatic rings. The summed E-state index contributed by atoms with van der Waals surface area (Å²) in [6.07, 6.45) is 8.00. The Labute approximate surface area is 163 Å². The molecule has 2 aliphatic heterocycles. The number of amides is 1. The lowest BCUT2D eigenvalue weighted by molar-refractivity contribution is -0.172. The number of thiazole rings is 1. The molecule has 4 heterocycles. The Morgan fingerprint density at radius 2 is 2.26 bits per heavy atom. The number of ether oxygens (including phenoxy) is 1. The minimum Gasteiger partial charge on any atom is -0.361 e. The Morgan fingerprint density at radius 3 is 3.00 bits per heavy atom. The lowest BCUT2D eigenvalue weighted by Crippen LogP contribution is -2.60. The van der Waals surface area contributed by atoms with Crippen molar-refractivity contribution in [3.63, 3.8) is 0 Å². The Morgan fingerprint density at radius 1 is 1.33 bits per heavy atom. The van der Waals surface area contributed by atoms with Crippen LogP contribution in [0.3, 0.4) is 0 Å². The molecule has 6 nitrogen and oxygen atoms in total. The van der Waals surface area contributed by atoms with Crippen LogP contribution >= 0.6 is 11.3 Å². The first-order valence-electron chi connectivity index (χ1n) is 9.68. The van der Waals surface area contributed by atoms with Gasteiger partial charge in [-0.25, -0.2) is 4.98 Å². The first kappa shape index (κ1) is 17.3. The molecule has 0 radical (unpaired) electrons. The molecule has 7 heteroatoms. The second kappa shape index (κ2) is 6.96. The van der Waals surface area contributed by atoms with E-state index in [0.717, 1.165) is 30.2 Å². The maximum atomic E-state index is 13.6. The number of hydrogen-bond acceptors (Lipinski definition) is 6. The Kier molecular flexibility index (Phi) is 4.46. The predicted molar refractivity (Wildman–Crippen MR) is 102 cm³/mol. The van der Waals surface area contributed by atoms with E-state index < -0.39 is 5.60 Å². The zero-order valence-corrected chi connectivity index (χ0v) is 16.1. The average molecular weight is 385 g/mol. The quantitative estimate of drug-likeness (QED) is 0.791. The summed E-state index contributed by atoms with van der Waals surface area (Å²) in [5, 5.41) is 3.08. The SMILES string of the molecule is O=C1N(CC2CC2)CCO[C@@]12CN(Cc1nccs1)C[C@@H]2c1cccnc1. The fourth-order valence-electron chi connectivity index (χ4n) is 4.43. The molecule has 0 bridgehead atoms. The molecule has 1 amide bonds. The van der Waals surface area contributed by atoms with Gasteiger partial charge in [0.05, 0.1) is 13.2 Å². The summed E-state index contributed by atoms with van der Waals surface area (Å²) in [4.78, 5) is 26.7. The minimum atomic E-state index is -0.798. The van der Waals surface area contributed by atoms with E-state index in [4.69, 9.17) is 4.74 Å². The molecule has 0 N–H and O–H groups in total. The monoisotopic (exact) mass is 384 g/mol. The molecular formula is C20H24N4O2S. The average Bonchev–Trinajstić information content (AvgIpc) is 3.22. The Hall–Kier alpha value is -1.83. The van der Waals surface area contributed by atoms with Crippen molar-refractivity contribution in [2.45, 2.75) is 30.9 Å². The summed E-state index contributed by atoms with van der Waals surface area (Å²) >= 11 is 1.66. The lowest BCUT2D eigenvalue weighted by Gasteiger charge is -2.42. The molecule has 2 atom stereocenters. The van der Waals surface area contributed by atoms with Crippen molar-refractivity contribution >= 4 is 17.2 Å². The maximum absolute atomic E-state index is 13.6. The van der Waals surface area contributed by atoms with Gasteiger partial charge in [-0.15, -0.1) is 11.3 Å². The van der Waals surface area contributed by atoms with Crippen LogP contribution in [-0.4, -0.2) is 64.1 Å². The van der Waals surface area contributed by atoms with Gasteiger partial charge in [0.2, 0.25) is 0 Å². The maximum Gasteiger partial charge on any atom is 0.256 e. The smallest absolute Gasteiger partial charge is 0.256 e. The highest BCUT2D eigenvalue weighted by Crippen LogP contribution is 2.43. The van der Waals surface area contributed by atoms with Crippen LogP contribution < -0.4 is 0 Å². The number of morpholine rings is 1.